The van der Waals surface area contributed by atoms with Gasteiger partial charge in [0.2, 0.25) is 0 Å². The molecule has 0 amide bonds. The molecule has 0 bridgehead atoms. The Morgan fingerprint density at radius 1 is 1.38 bits per heavy atom. The molecule has 1 aromatic heterocycles. The van der Waals surface area contributed by atoms with Crippen molar-refractivity contribution in [3.05, 3.63) is 33.2 Å². The van der Waals surface area contributed by atoms with Crippen molar-refractivity contribution in [3.8, 4) is 0 Å². The van der Waals surface area contributed by atoms with E-state index in [1.54, 1.807) is 6.07 Å². The van der Waals surface area contributed by atoms with E-state index in [9.17, 15) is 4.79 Å². The smallest absolute Gasteiger partial charge is 0.264 e. The van der Waals surface area contributed by atoms with Crippen LogP contribution in [0.25, 0.3) is 0 Å². The van der Waals surface area contributed by atoms with E-state index in [1.165, 1.54) is 25.7 Å². The van der Waals surface area contributed by atoms with Gasteiger partial charge in [0.15, 0.2) is 0 Å². The van der Waals surface area contributed by atoms with E-state index >= 15 is 0 Å². The molecule has 2 rings (SSSR count). The first kappa shape index (κ1) is 12.4. The van der Waals surface area contributed by atoms with Gasteiger partial charge in [-0.1, -0.05) is 28.8 Å². The molecule has 2 nitrogen and oxygen atoms in total. The standard InChI is InChI=1S/C12H15Br2NO/c13-8-12(5-1-2-6-12)9-15-7-3-4-10(14)11(15)16/h3-4,7H,1-2,5-6,8-9H2. The minimum atomic E-state index is 0.0784. The molecule has 0 spiro atoms. The van der Waals surface area contributed by atoms with Crippen molar-refractivity contribution in [3.63, 3.8) is 0 Å². The van der Waals surface area contributed by atoms with E-state index in [1.807, 2.05) is 16.8 Å². The fourth-order valence-corrected chi connectivity index (χ4v) is 3.57. The van der Waals surface area contributed by atoms with Crippen LogP contribution < -0.4 is 5.56 Å². The summed E-state index contributed by atoms with van der Waals surface area (Å²) < 4.78 is 2.48. The van der Waals surface area contributed by atoms with Gasteiger partial charge in [-0.2, -0.15) is 0 Å². The zero-order valence-electron chi connectivity index (χ0n) is 9.09. The second-order valence-corrected chi connectivity index (χ2v) is 6.04. The first-order valence-corrected chi connectivity index (χ1v) is 7.49. The molecule has 0 atom stereocenters. The third-order valence-corrected chi connectivity index (χ3v) is 5.22. The number of nitrogens with zero attached hydrogens (tertiary/aromatic N) is 1. The van der Waals surface area contributed by atoms with Crippen LogP contribution in [0.15, 0.2) is 27.6 Å². The lowest BCUT2D eigenvalue weighted by Gasteiger charge is -2.27. The molecular formula is C12H15Br2NO. The molecule has 0 saturated heterocycles. The first-order valence-electron chi connectivity index (χ1n) is 5.58. The zero-order chi connectivity index (χ0) is 11.6. The first-order chi connectivity index (χ1) is 7.67. The Bertz CT molecular complexity index is 421. The van der Waals surface area contributed by atoms with Crippen molar-refractivity contribution >= 4 is 31.9 Å². The Kier molecular flexibility index (Phi) is 3.90. The molecule has 4 heteroatoms. The highest BCUT2D eigenvalue weighted by Crippen LogP contribution is 2.40. The van der Waals surface area contributed by atoms with Crippen LogP contribution in [0.4, 0.5) is 0 Å². The number of rotatable bonds is 3. The Morgan fingerprint density at radius 2 is 2.06 bits per heavy atom. The van der Waals surface area contributed by atoms with Gasteiger partial charge in [-0.15, -0.1) is 0 Å². The molecule has 1 aromatic rings. The average molecular weight is 349 g/mol. The second-order valence-electron chi connectivity index (χ2n) is 4.63. The number of aromatic nitrogens is 1. The quantitative estimate of drug-likeness (QED) is 0.765. The Labute approximate surface area is 112 Å². The minimum Gasteiger partial charge on any atom is -0.314 e. The fourth-order valence-electron chi connectivity index (χ4n) is 2.45. The lowest BCUT2D eigenvalue weighted by atomic mass is 9.88. The predicted octanol–water partition coefficient (Wildman–Crippen LogP) is 3.57. The van der Waals surface area contributed by atoms with E-state index in [0.29, 0.717) is 4.47 Å². The Morgan fingerprint density at radius 3 is 2.69 bits per heavy atom. The molecule has 0 unspecified atom stereocenters. The Balaban J connectivity index is 2.26. The van der Waals surface area contributed by atoms with Crippen LogP contribution in [0.2, 0.25) is 0 Å². The monoisotopic (exact) mass is 347 g/mol. The summed E-state index contributed by atoms with van der Waals surface area (Å²) in [6.07, 6.45) is 6.90. The summed E-state index contributed by atoms with van der Waals surface area (Å²) in [7, 11) is 0. The summed E-state index contributed by atoms with van der Waals surface area (Å²) in [4.78, 5) is 11.9. The van der Waals surface area contributed by atoms with Crippen molar-refractivity contribution in [1.29, 1.82) is 0 Å². The molecule has 0 aliphatic heterocycles. The van der Waals surface area contributed by atoms with Crippen molar-refractivity contribution in [2.24, 2.45) is 5.41 Å². The molecule has 0 radical (unpaired) electrons. The van der Waals surface area contributed by atoms with Crippen molar-refractivity contribution in [2.45, 2.75) is 32.2 Å². The molecule has 88 valence electrons. The third kappa shape index (κ3) is 2.43. The van der Waals surface area contributed by atoms with Gasteiger partial charge in [-0.25, -0.2) is 0 Å². The van der Waals surface area contributed by atoms with Crippen LogP contribution in [0, 0.1) is 5.41 Å². The largest absolute Gasteiger partial charge is 0.314 e. The Hall–Kier alpha value is -0.0900. The summed E-state index contributed by atoms with van der Waals surface area (Å²) >= 11 is 6.90. The van der Waals surface area contributed by atoms with Crippen molar-refractivity contribution in [1.82, 2.24) is 4.57 Å². The predicted molar refractivity (Wildman–Crippen MR) is 73.1 cm³/mol. The normalized spacial score (nSPS) is 18.9. The highest BCUT2D eigenvalue weighted by molar-refractivity contribution is 9.10. The van der Waals surface area contributed by atoms with Crippen LogP contribution in [0.1, 0.15) is 25.7 Å². The highest BCUT2D eigenvalue weighted by atomic mass is 79.9. The molecule has 16 heavy (non-hydrogen) atoms. The lowest BCUT2D eigenvalue weighted by Crippen LogP contribution is -2.31. The molecule has 1 saturated carbocycles. The van der Waals surface area contributed by atoms with Crippen LogP contribution in [-0.4, -0.2) is 9.90 Å². The van der Waals surface area contributed by atoms with Gasteiger partial charge in [0.05, 0.1) is 4.47 Å². The van der Waals surface area contributed by atoms with Crippen LogP contribution in [0.5, 0.6) is 0 Å². The van der Waals surface area contributed by atoms with E-state index < -0.39 is 0 Å². The lowest BCUT2D eigenvalue weighted by molar-refractivity contribution is 0.287. The zero-order valence-corrected chi connectivity index (χ0v) is 12.3. The van der Waals surface area contributed by atoms with Crippen LogP contribution in [-0.2, 0) is 6.54 Å². The second kappa shape index (κ2) is 5.05. The van der Waals surface area contributed by atoms with Gasteiger partial charge in [0.1, 0.15) is 0 Å². The van der Waals surface area contributed by atoms with Gasteiger partial charge in [0.25, 0.3) is 5.56 Å². The highest BCUT2D eigenvalue weighted by Gasteiger charge is 2.33. The summed E-state index contributed by atoms with van der Waals surface area (Å²) in [6, 6.07) is 3.72. The third-order valence-electron chi connectivity index (χ3n) is 3.43. The van der Waals surface area contributed by atoms with E-state index in [0.717, 1.165) is 11.9 Å². The number of alkyl halides is 1. The molecular weight excluding hydrogens is 334 g/mol. The van der Waals surface area contributed by atoms with Crippen LogP contribution in [0.3, 0.4) is 0 Å². The molecule has 1 aliphatic rings. The number of hydrogen-bond acceptors (Lipinski definition) is 1. The average Bonchev–Trinajstić information content (AvgIpc) is 2.74. The summed E-state index contributed by atoms with van der Waals surface area (Å²) in [5.41, 5.74) is 0.361. The topological polar surface area (TPSA) is 22.0 Å². The van der Waals surface area contributed by atoms with Gasteiger partial charge >= 0.3 is 0 Å². The number of pyridine rings is 1. The number of hydrogen-bond donors (Lipinski definition) is 0. The van der Waals surface area contributed by atoms with E-state index in [-0.39, 0.29) is 11.0 Å². The van der Waals surface area contributed by atoms with Gasteiger partial charge in [-0.05, 0) is 46.3 Å². The maximum atomic E-state index is 11.9. The molecule has 0 aromatic carbocycles. The summed E-state index contributed by atoms with van der Waals surface area (Å²) in [6.45, 7) is 0.830. The van der Waals surface area contributed by atoms with Crippen molar-refractivity contribution < 1.29 is 0 Å². The SMILES string of the molecule is O=c1c(Br)cccn1CC1(CBr)CCCC1. The van der Waals surface area contributed by atoms with Gasteiger partial charge in [0, 0.05) is 18.1 Å². The molecule has 0 N–H and O–H groups in total. The van der Waals surface area contributed by atoms with Gasteiger partial charge < -0.3 is 4.57 Å². The molecule has 1 heterocycles. The minimum absolute atomic E-state index is 0.0784. The fraction of sp³-hybridized carbons (Fsp3) is 0.583. The van der Waals surface area contributed by atoms with E-state index in [4.69, 9.17) is 0 Å². The number of halogens is 2. The summed E-state index contributed by atoms with van der Waals surface area (Å²) in [5.74, 6) is 0. The summed E-state index contributed by atoms with van der Waals surface area (Å²) in [5, 5.41) is 0.985. The van der Waals surface area contributed by atoms with E-state index in [2.05, 4.69) is 31.9 Å². The molecule has 1 aliphatic carbocycles. The maximum Gasteiger partial charge on any atom is 0.264 e. The molecule has 1 fully saturated rings. The van der Waals surface area contributed by atoms with Gasteiger partial charge in [-0.3, -0.25) is 4.79 Å². The van der Waals surface area contributed by atoms with Crippen molar-refractivity contribution in [2.75, 3.05) is 5.33 Å². The van der Waals surface area contributed by atoms with Crippen LogP contribution >= 0.6 is 31.9 Å². The maximum absolute atomic E-state index is 11.9.